The number of aryl methyl sites for hydroxylation is 2. The minimum atomic E-state index is -3.95. The zero-order valence-corrected chi connectivity index (χ0v) is 23.1. The van der Waals surface area contributed by atoms with Gasteiger partial charge in [-0.05, 0) is 69.0 Å². The minimum absolute atomic E-state index is 0.00434. The van der Waals surface area contributed by atoms with Crippen LogP contribution in [0, 0.1) is 25.6 Å². The molecule has 0 bridgehead atoms. The third-order valence-electron chi connectivity index (χ3n) is 7.36. The van der Waals surface area contributed by atoms with Crippen LogP contribution in [0.3, 0.4) is 0 Å². The highest BCUT2D eigenvalue weighted by atomic mass is 32.2. The lowest BCUT2D eigenvalue weighted by atomic mass is 9.95. The molecule has 206 valence electrons. The molecule has 10 heteroatoms. The summed E-state index contributed by atoms with van der Waals surface area (Å²) in [6.45, 7) is 6.44. The largest absolute Gasteiger partial charge is 0.486 e. The average Bonchev–Trinajstić information content (AvgIpc) is 3.32. The molecular formula is C29H32FN3O5S. The summed E-state index contributed by atoms with van der Waals surface area (Å²) in [6, 6.07) is 12.0. The van der Waals surface area contributed by atoms with Crippen molar-refractivity contribution in [2.24, 2.45) is 5.92 Å². The molecule has 1 atom stereocenters. The van der Waals surface area contributed by atoms with E-state index in [1.54, 1.807) is 25.1 Å². The first kappa shape index (κ1) is 27.1. The zero-order valence-electron chi connectivity index (χ0n) is 22.3. The van der Waals surface area contributed by atoms with Gasteiger partial charge in [0.25, 0.3) is 0 Å². The second-order valence-corrected chi connectivity index (χ2v) is 11.9. The number of fused-ring (bicyclic) bond motifs is 1. The van der Waals surface area contributed by atoms with Crippen molar-refractivity contribution in [1.82, 2.24) is 9.46 Å². The Balaban J connectivity index is 1.32. The molecule has 2 aliphatic rings. The number of aromatic nitrogens is 1. The summed E-state index contributed by atoms with van der Waals surface area (Å²) >= 11 is 0. The van der Waals surface area contributed by atoms with Crippen molar-refractivity contribution in [3.8, 4) is 5.75 Å². The van der Waals surface area contributed by atoms with E-state index < -0.39 is 15.8 Å². The number of anilines is 1. The first-order chi connectivity index (χ1) is 18.7. The Hall–Kier alpha value is -3.50. The summed E-state index contributed by atoms with van der Waals surface area (Å²) in [5.41, 5.74) is 2.34. The summed E-state index contributed by atoms with van der Waals surface area (Å²) in [5.74, 6) is 0.00925. The van der Waals surface area contributed by atoms with E-state index in [9.17, 15) is 17.6 Å². The lowest BCUT2D eigenvalue weighted by Crippen LogP contribution is -2.49. The van der Waals surface area contributed by atoms with Gasteiger partial charge in [0.2, 0.25) is 15.9 Å². The minimum Gasteiger partial charge on any atom is -0.486 e. The molecule has 0 N–H and O–H groups in total. The van der Waals surface area contributed by atoms with Crippen molar-refractivity contribution in [2.45, 2.75) is 51.0 Å². The first-order valence-electron chi connectivity index (χ1n) is 13.2. The van der Waals surface area contributed by atoms with Crippen LogP contribution in [0.1, 0.15) is 48.8 Å². The van der Waals surface area contributed by atoms with Crippen molar-refractivity contribution in [2.75, 3.05) is 24.5 Å². The van der Waals surface area contributed by atoms with E-state index in [0.717, 1.165) is 17.7 Å². The number of nitrogens with zero attached hydrogens (tertiary/aromatic N) is 3. The van der Waals surface area contributed by atoms with Crippen molar-refractivity contribution >= 4 is 33.8 Å². The Morgan fingerprint density at radius 2 is 1.87 bits per heavy atom. The van der Waals surface area contributed by atoms with Crippen LogP contribution in [-0.2, 0) is 14.8 Å². The van der Waals surface area contributed by atoms with Gasteiger partial charge in [0, 0.05) is 24.6 Å². The zero-order chi connectivity index (χ0) is 27.7. The fraction of sp³-hybridized carbons (Fsp3) is 0.379. The molecule has 0 saturated carbocycles. The van der Waals surface area contributed by atoms with Crippen LogP contribution >= 0.6 is 0 Å². The molecule has 3 heterocycles. The van der Waals surface area contributed by atoms with Crippen LogP contribution in [0.4, 0.5) is 10.1 Å². The van der Waals surface area contributed by atoms with E-state index in [1.165, 1.54) is 22.5 Å². The van der Waals surface area contributed by atoms with Gasteiger partial charge in [0.15, 0.2) is 10.7 Å². The van der Waals surface area contributed by atoms with Gasteiger partial charge in [0.05, 0.1) is 12.2 Å². The average molecular weight is 554 g/mol. The molecule has 1 saturated heterocycles. The molecule has 2 aromatic carbocycles. The van der Waals surface area contributed by atoms with E-state index in [-0.39, 0.29) is 47.4 Å². The molecule has 0 unspecified atom stereocenters. The standard InChI is InChI=1S/C29H32FN3O5S/c1-4-23-18-33(25-17-19(2)9-11-26(25)37-23)29(34)22-13-15-32(16-14-22)39(35,36)28-20(3)31-38-27(28)12-10-21-7-5-6-8-24(21)30/h5-12,17,22-23H,4,13-16,18H2,1-3H3/b12-10+/t23-/m1/s1. The molecule has 39 heavy (non-hydrogen) atoms. The van der Waals surface area contributed by atoms with Gasteiger partial charge in [-0.3, -0.25) is 4.79 Å². The Morgan fingerprint density at radius 3 is 2.59 bits per heavy atom. The maximum atomic E-state index is 14.0. The number of hydrogen-bond donors (Lipinski definition) is 0. The number of rotatable bonds is 6. The van der Waals surface area contributed by atoms with Crippen LogP contribution in [0.25, 0.3) is 12.2 Å². The Morgan fingerprint density at radius 1 is 1.13 bits per heavy atom. The molecule has 0 aliphatic carbocycles. The smallest absolute Gasteiger partial charge is 0.248 e. The molecule has 0 spiro atoms. The van der Waals surface area contributed by atoms with Gasteiger partial charge in [-0.2, -0.15) is 4.31 Å². The lowest BCUT2D eigenvalue weighted by Gasteiger charge is -2.38. The van der Waals surface area contributed by atoms with Crippen LogP contribution in [-0.4, -0.2) is 49.5 Å². The van der Waals surface area contributed by atoms with Gasteiger partial charge >= 0.3 is 0 Å². The monoisotopic (exact) mass is 553 g/mol. The Bertz CT molecular complexity index is 1510. The van der Waals surface area contributed by atoms with Gasteiger partial charge in [-0.25, -0.2) is 12.8 Å². The Kier molecular flexibility index (Phi) is 7.59. The number of carbonyl (C=O) groups excluding carboxylic acids is 1. The molecule has 0 radical (unpaired) electrons. The number of halogens is 1. The molecule has 8 nitrogen and oxygen atoms in total. The highest BCUT2D eigenvalue weighted by molar-refractivity contribution is 7.89. The predicted octanol–water partition coefficient (Wildman–Crippen LogP) is 5.21. The number of benzene rings is 2. The van der Waals surface area contributed by atoms with Crippen molar-refractivity contribution in [1.29, 1.82) is 0 Å². The molecule has 1 fully saturated rings. The van der Waals surface area contributed by atoms with Crippen molar-refractivity contribution < 1.29 is 26.9 Å². The third kappa shape index (κ3) is 5.35. The number of piperidine rings is 1. The van der Waals surface area contributed by atoms with Crippen LogP contribution in [0.15, 0.2) is 51.9 Å². The molecular weight excluding hydrogens is 521 g/mol. The van der Waals surface area contributed by atoms with Gasteiger partial charge in [0.1, 0.15) is 23.4 Å². The van der Waals surface area contributed by atoms with Crippen LogP contribution in [0.5, 0.6) is 5.75 Å². The highest BCUT2D eigenvalue weighted by Gasteiger charge is 2.39. The van der Waals surface area contributed by atoms with E-state index in [0.29, 0.717) is 30.7 Å². The summed E-state index contributed by atoms with van der Waals surface area (Å²) in [6.07, 6.45) is 4.38. The number of carbonyl (C=O) groups is 1. The van der Waals surface area contributed by atoms with Gasteiger partial charge in [-0.15, -0.1) is 0 Å². The molecule has 1 amide bonds. The fourth-order valence-corrected chi connectivity index (χ4v) is 6.86. The number of amides is 1. The van der Waals surface area contributed by atoms with Crippen molar-refractivity contribution in [3.05, 3.63) is 70.9 Å². The number of hydrogen-bond acceptors (Lipinski definition) is 6. The maximum Gasteiger partial charge on any atom is 0.248 e. The number of ether oxygens (including phenoxy) is 1. The lowest BCUT2D eigenvalue weighted by molar-refractivity contribution is -0.124. The molecule has 5 rings (SSSR count). The molecule has 2 aliphatic heterocycles. The van der Waals surface area contributed by atoms with E-state index in [4.69, 9.17) is 9.26 Å². The number of sulfonamides is 1. The van der Waals surface area contributed by atoms with Crippen molar-refractivity contribution in [3.63, 3.8) is 0 Å². The topological polar surface area (TPSA) is 93.0 Å². The predicted molar refractivity (Wildman–Crippen MR) is 146 cm³/mol. The normalized spacial score (nSPS) is 18.8. The van der Waals surface area contributed by atoms with E-state index in [2.05, 4.69) is 5.16 Å². The summed E-state index contributed by atoms with van der Waals surface area (Å²) in [4.78, 5) is 15.4. The van der Waals surface area contributed by atoms with Gasteiger partial charge < -0.3 is 14.2 Å². The highest BCUT2D eigenvalue weighted by Crippen LogP contribution is 2.37. The Labute approximate surface area is 228 Å². The van der Waals surface area contributed by atoms with Crippen LogP contribution < -0.4 is 9.64 Å². The van der Waals surface area contributed by atoms with E-state index >= 15 is 0 Å². The first-order valence-corrected chi connectivity index (χ1v) is 14.6. The van der Waals surface area contributed by atoms with Crippen LogP contribution in [0.2, 0.25) is 0 Å². The third-order valence-corrected chi connectivity index (χ3v) is 9.42. The quantitative estimate of drug-likeness (QED) is 0.416. The maximum absolute atomic E-state index is 14.0. The summed E-state index contributed by atoms with van der Waals surface area (Å²) < 4.78 is 54.0. The van der Waals surface area contributed by atoms with E-state index in [1.807, 2.05) is 36.9 Å². The fourth-order valence-electron chi connectivity index (χ4n) is 5.14. The molecule has 3 aromatic rings. The second kappa shape index (κ2) is 10.9. The molecule has 1 aromatic heterocycles. The van der Waals surface area contributed by atoms with Gasteiger partial charge in [-0.1, -0.05) is 36.3 Å². The summed E-state index contributed by atoms with van der Waals surface area (Å²) in [7, 11) is -3.95. The second-order valence-electron chi connectivity index (χ2n) is 10.1. The SMILES string of the molecule is CC[C@@H]1CN(C(=O)C2CCN(S(=O)(=O)c3c(C)noc3/C=C/c3ccccc3F)CC2)c2cc(C)ccc2O1. The summed E-state index contributed by atoms with van der Waals surface area (Å²) in [5, 5.41) is 3.86.